The number of rotatable bonds is 9. The molecule has 32 heavy (non-hydrogen) atoms. The molecule has 2 amide bonds. The molecule has 0 spiro atoms. The van der Waals surface area contributed by atoms with Crippen LogP contribution in [0.15, 0.2) is 66.7 Å². The van der Waals surface area contributed by atoms with Crippen LogP contribution in [0.5, 0.6) is 11.5 Å². The quantitative estimate of drug-likeness (QED) is 0.475. The van der Waals surface area contributed by atoms with E-state index in [1.165, 1.54) is 12.1 Å². The molecule has 0 saturated carbocycles. The molecule has 0 aliphatic rings. The first-order valence-corrected chi connectivity index (χ1v) is 10.6. The predicted octanol–water partition coefficient (Wildman–Crippen LogP) is 4.63. The molecule has 0 saturated heterocycles. The Labute approximate surface area is 196 Å². The highest BCUT2D eigenvalue weighted by atomic mass is 35.5. The molecule has 6 nitrogen and oxygen atoms in total. The number of carbonyl (C=O) groups excluding carboxylic acids is 2. The third-order valence-electron chi connectivity index (χ3n) is 4.54. The van der Waals surface area contributed by atoms with Gasteiger partial charge in [-0.2, -0.15) is 0 Å². The Kier molecular flexibility index (Phi) is 8.36. The molecule has 8 heteroatoms. The van der Waals surface area contributed by atoms with E-state index < -0.39 is 5.91 Å². The lowest BCUT2D eigenvalue weighted by Crippen LogP contribution is -2.36. The van der Waals surface area contributed by atoms with E-state index in [4.69, 9.17) is 32.7 Å². The van der Waals surface area contributed by atoms with Crippen LogP contribution < -0.4 is 20.1 Å². The second kappa shape index (κ2) is 11.4. The molecular formula is C24H22Cl2N2O4. The number of ether oxygens (including phenoxy) is 2. The highest BCUT2D eigenvalue weighted by Gasteiger charge is 2.12. The first-order valence-electron chi connectivity index (χ1n) is 9.80. The van der Waals surface area contributed by atoms with Gasteiger partial charge in [-0.3, -0.25) is 9.59 Å². The third kappa shape index (κ3) is 6.64. The summed E-state index contributed by atoms with van der Waals surface area (Å²) < 4.78 is 11.3. The van der Waals surface area contributed by atoms with Crippen LogP contribution in [0.3, 0.4) is 0 Å². The fraction of sp³-hybridized carbons (Fsp3) is 0.167. The van der Waals surface area contributed by atoms with E-state index in [-0.39, 0.29) is 29.6 Å². The van der Waals surface area contributed by atoms with Gasteiger partial charge in [0.1, 0.15) is 6.61 Å². The van der Waals surface area contributed by atoms with Crippen molar-refractivity contribution in [2.45, 2.75) is 13.2 Å². The fourth-order valence-corrected chi connectivity index (χ4v) is 3.36. The first-order chi connectivity index (χ1) is 15.5. The second-order valence-corrected chi connectivity index (χ2v) is 7.69. The molecule has 0 aliphatic heterocycles. The predicted molar refractivity (Wildman–Crippen MR) is 124 cm³/mol. The van der Waals surface area contributed by atoms with Crippen molar-refractivity contribution in [3.8, 4) is 11.5 Å². The summed E-state index contributed by atoms with van der Waals surface area (Å²) in [5.41, 5.74) is 2.13. The van der Waals surface area contributed by atoms with Crippen molar-refractivity contribution in [1.29, 1.82) is 0 Å². The Morgan fingerprint density at radius 3 is 2.38 bits per heavy atom. The molecule has 0 radical (unpaired) electrons. The van der Waals surface area contributed by atoms with E-state index in [0.717, 1.165) is 11.1 Å². The molecule has 0 atom stereocenters. The summed E-state index contributed by atoms with van der Waals surface area (Å²) in [5.74, 6) is 0.382. The average Bonchev–Trinajstić information content (AvgIpc) is 2.80. The smallest absolute Gasteiger partial charge is 0.253 e. The normalized spacial score (nSPS) is 10.3. The summed E-state index contributed by atoms with van der Waals surface area (Å²) in [5, 5.41) is 5.94. The topological polar surface area (TPSA) is 76.7 Å². The van der Waals surface area contributed by atoms with Crippen molar-refractivity contribution in [3.05, 3.63) is 93.5 Å². The maximum absolute atomic E-state index is 12.2. The summed E-state index contributed by atoms with van der Waals surface area (Å²) in [4.78, 5) is 24.3. The SMILES string of the molecule is COc1cc(CNC(=O)CNC(=O)c2ccc(Cl)cc2Cl)ccc1OCc1ccccc1. The minimum atomic E-state index is -0.455. The number of nitrogens with one attached hydrogen (secondary N) is 2. The fourth-order valence-electron chi connectivity index (χ4n) is 2.87. The lowest BCUT2D eigenvalue weighted by atomic mass is 10.2. The molecule has 3 aromatic carbocycles. The van der Waals surface area contributed by atoms with Gasteiger partial charge in [0, 0.05) is 11.6 Å². The van der Waals surface area contributed by atoms with Gasteiger partial charge in [0.15, 0.2) is 11.5 Å². The minimum absolute atomic E-state index is 0.187. The van der Waals surface area contributed by atoms with Crippen LogP contribution in [0.1, 0.15) is 21.5 Å². The number of halogens is 2. The number of benzene rings is 3. The summed E-state index contributed by atoms with van der Waals surface area (Å²) in [6.07, 6.45) is 0. The van der Waals surface area contributed by atoms with Crippen molar-refractivity contribution in [1.82, 2.24) is 10.6 Å². The summed E-state index contributed by atoms with van der Waals surface area (Å²) in [6, 6.07) is 19.8. The molecule has 0 bridgehead atoms. The van der Waals surface area contributed by atoms with Crippen LogP contribution in [0, 0.1) is 0 Å². The number of carbonyl (C=O) groups is 2. The van der Waals surface area contributed by atoms with Crippen molar-refractivity contribution in [2.24, 2.45) is 0 Å². The van der Waals surface area contributed by atoms with Crippen molar-refractivity contribution in [2.75, 3.05) is 13.7 Å². The van der Waals surface area contributed by atoms with Gasteiger partial charge in [-0.05, 0) is 41.5 Å². The van der Waals surface area contributed by atoms with Gasteiger partial charge < -0.3 is 20.1 Å². The Balaban J connectivity index is 1.50. The van der Waals surface area contributed by atoms with Gasteiger partial charge in [0.25, 0.3) is 5.91 Å². The standard InChI is InChI=1S/C24H22Cl2N2O4/c1-31-22-11-17(7-10-21(22)32-15-16-5-3-2-4-6-16)13-27-23(29)14-28-24(30)19-9-8-18(25)12-20(19)26/h2-12H,13-15H2,1H3,(H,27,29)(H,28,30). The van der Waals surface area contributed by atoms with E-state index in [1.807, 2.05) is 36.4 Å². The molecule has 0 fully saturated rings. The van der Waals surface area contributed by atoms with E-state index in [0.29, 0.717) is 23.1 Å². The van der Waals surface area contributed by atoms with E-state index in [2.05, 4.69) is 10.6 Å². The van der Waals surface area contributed by atoms with Crippen LogP contribution in [0.25, 0.3) is 0 Å². The van der Waals surface area contributed by atoms with Crippen LogP contribution in [0.4, 0.5) is 0 Å². The molecule has 0 aliphatic carbocycles. The van der Waals surface area contributed by atoms with Crippen LogP contribution in [0.2, 0.25) is 10.0 Å². The van der Waals surface area contributed by atoms with Crippen LogP contribution in [-0.4, -0.2) is 25.5 Å². The molecule has 0 unspecified atom stereocenters. The third-order valence-corrected chi connectivity index (χ3v) is 5.09. The van der Waals surface area contributed by atoms with Crippen molar-refractivity contribution < 1.29 is 19.1 Å². The van der Waals surface area contributed by atoms with E-state index in [9.17, 15) is 9.59 Å². The summed E-state index contributed by atoms with van der Waals surface area (Å²) >= 11 is 11.8. The van der Waals surface area contributed by atoms with Crippen LogP contribution in [-0.2, 0) is 17.9 Å². The zero-order valence-electron chi connectivity index (χ0n) is 17.4. The number of methoxy groups -OCH3 is 1. The molecule has 0 aromatic heterocycles. The molecule has 3 aromatic rings. The van der Waals surface area contributed by atoms with Gasteiger partial charge in [0.05, 0.1) is 24.2 Å². The summed E-state index contributed by atoms with van der Waals surface area (Å²) in [7, 11) is 1.56. The maximum Gasteiger partial charge on any atom is 0.253 e. The number of amides is 2. The van der Waals surface area contributed by atoms with Gasteiger partial charge in [-0.25, -0.2) is 0 Å². The lowest BCUT2D eigenvalue weighted by Gasteiger charge is -2.13. The molecule has 2 N–H and O–H groups in total. The van der Waals surface area contributed by atoms with Crippen LogP contribution >= 0.6 is 23.2 Å². The number of hydrogen-bond donors (Lipinski definition) is 2. The summed E-state index contributed by atoms with van der Waals surface area (Å²) in [6.45, 7) is 0.504. The van der Waals surface area contributed by atoms with Gasteiger partial charge in [0.2, 0.25) is 5.91 Å². The molecule has 3 rings (SSSR count). The second-order valence-electron chi connectivity index (χ2n) is 6.84. The minimum Gasteiger partial charge on any atom is -0.493 e. The van der Waals surface area contributed by atoms with E-state index >= 15 is 0 Å². The Bertz CT molecular complexity index is 1090. The van der Waals surface area contributed by atoms with Gasteiger partial charge in [-0.1, -0.05) is 59.6 Å². The Hall–Kier alpha value is -3.22. The van der Waals surface area contributed by atoms with E-state index in [1.54, 1.807) is 25.3 Å². The largest absolute Gasteiger partial charge is 0.493 e. The Morgan fingerprint density at radius 1 is 0.875 bits per heavy atom. The number of hydrogen-bond acceptors (Lipinski definition) is 4. The molecule has 166 valence electrons. The first kappa shape index (κ1) is 23.4. The highest BCUT2D eigenvalue weighted by Crippen LogP contribution is 2.29. The lowest BCUT2D eigenvalue weighted by molar-refractivity contribution is -0.120. The molecular weight excluding hydrogens is 451 g/mol. The highest BCUT2D eigenvalue weighted by molar-refractivity contribution is 6.36. The zero-order valence-corrected chi connectivity index (χ0v) is 18.9. The zero-order chi connectivity index (χ0) is 22.9. The average molecular weight is 473 g/mol. The van der Waals surface area contributed by atoms with Gasteiger partial charge >= 0.3 is 0 Å². The van der Waals surface area contributed by atoms with Gasteiger partial charge in [-0.15, -0.1) is 0 Å². The Morgan fingerprint density at radius 2 is 1.66 bits per heavy atom. The molecule has 0 heterocycles. The van der Waals surface area contributed by atoms with Crippen molar-refractivity contribution in [3.63, 3.8) is 0 Å². The maximum atomic E-state index is 12.2. The monoisotopic (exact) mass is 472 g/mol. The van der Waals surface area contributed by atoms with Crippen molar-refractivity contribution >= 4 is 35.0 Å².